The molecule has 1 aromatic rings. The third-order valence-corrected chi connectivity index (χ3v) is 3.11. The molecule has 0 radical (unpaired) electrons. The van der Waals surface area contributed by atoms with Gasteiger partial charge in [-0.2, -0.15) is 0 Å². The number of hydrogen-bond donors (Lipinski definition) is 1. The molecule has 5 heteroatoms. The lowest BCUT2D eigenvalue weighted by Crippen LogP contribution is -2.18. The third-order valence-electron chi connectivity index (χ3n) is 3.11. The van der Waals surface area contributed by atoms with E-state index in [0.29, 0.717) is 5.56 Å². The highest BCUT2D eigenvalue weighted by atomic mass is 19.4. The van der Waals surface area contributed by atoms with Crippen LogP contribution in [0.25, 0.3) is 5.57 Å². The fraction of sp³-hybridized carbons (Fsp3) is 0.429. The number of alkyl halides is 3. The Kier molecular flexibility index (Phi) is 4.14. The van der Waals surface area contributed by atoms with E-state index in [2.05, 4.69) is 4.74 Å². The van der Waals surface area contributed by atoms with Gasteiger partial charge in [0.05, 0.1) is 0 Å². The molecule has 104 valence electrons. The van der Waals surface area contributed by atoms with Crippen molar-refractivity contribution < 1.29 is 17.9 Å². The van der Waals surface area contributed by atoms with Gasteiger partial charge < -0.3 is 10.5 Å². The highest BCUT2D eigenvalue weighted by molar-refractivity contribution is 5.71. The van der Waals surface area contributed by atoms with Gasteiger partial charge in [-0.05, 0) is 30.9 Å². The molecular formula is C14H16F3NO. The van der Waals surface area contributed by atoms with Crippen molar-refractivity contribution in [3.8, 4) is 5.75 Å². The molecule has 1 aliphatic rings. The Balaban J connectivity index is 2.33. The van der Waals surface area contributed by atoms with Gasteiger partial charge in [0.25, 0.3) is 0 Å². The van der Waals surface area contributed by atoms with Gasteiger partial charge in [0.1, 0.15) is 5.75 Å². The van der Waals surface area contributed by atoms with Crippen LogP contribution in [-0.2, 0) is 0 Å². The van der Waals surface area contributed by atoms with Crippen LogP contribution in [0.2, 0.25) is 0 Å². The summed E-state index contributed by atoms with van der Waals surface area (Å²) in [5.41, 5.74) is 7.22. The van der Waals surface area contributed by atoms with E-state index < -0.39 is 6.36 Å². The van der Waals surface area contributed by atoms with Gasteiger partial charge in [0.15, 0.2) is 0 Å². The molecule has 0 fully saturated rings. The monoisotopic (exact) mass is 271 g/mol. The Morgan fingerprint density at radius 1 is 1.16 bits per heavy atom. The van der Waals surface area contributed by atoms with E-state index >= 15 is 0 Å². The van der Waals surface area contributed by atoms with Crippen molar-refractivity contribution in [3.05, 3.63) is 35.9 Å². The van der Waals surface area contributed by atoms with E-state index in [1.165, 1.54) is 12.1 Å². The SMILES string of the molecule is NC1C=C(c2ccccc2OC(F)(F)F)CCCC1. The summed E-state index contributed by atoms with van der Waals surface area (Å²) in [7, 11) is 0. The van der Waals surface area contributed by atoms with Crippen LogP contribution < -0.4 is 10.5 Å². The average Bonchev–Trinajstić information content (AvgIpc) is 2.52. The molecule has 0 spiro atoms. The van der Waals surface area contributed by atoms with Crippen LogP contribution in [0.5, 0.6) is 5.75 Å². The number of nitrogens with two attached hydrogens (primary N) is 1. The van der Waals surface area contributed by atoms with Crippen molar-refractivity contribution in [1.29, 1.82) is 0 Å². The predicted molar refractivity (Wildman–Crippen MR) is 67.5 cm³/mol. The lowest BCUT2D eigenvalue weighted by molar-refractivity contribution is -0.274. The molecule has 0 aliphatic heterocycles. The Bertz CT molecular complexity index is 468. The summed E-state index contributed by atoms with van der Waals surface area (Å²) in [4.78, 5) is 0. The molecule has 1 aromatic carbocycles. The van der Waals surface area contributed by atoms with Crippen LogP contribution in [0, 0.1) is 0 Å². The molecule has 0 saturated heterocycles. The van der Waals surface area contributed by atoms with Gasteiger partial charge in [-0.1, -0.05) is 30.7 Å². The molecule has 2 nitrogen and oxygen atoms in total. The largest absolute Gasteiger partial charge is 0.573 e. The molecule has 0 bridgehead atoms. The van der Waals surface area contributed by atoms with Crippen molar-refractivity contribution in [2.45, 2.75) is 38.1 Å². The Hall–Kier alpha value is -1.49. The highest BCUT2D eigenvalue weighted by Gasteiger charge is 2.32. The zero-order chi connectivity index (χ0) is 13.9. The Morgan fingerprint density at radius 2 is 1.89 bits per heavy atom. The highest BCUT2D eigenvalue weighted by Crippen LogP contribution is 2.34. The summed E-state index contributed by atoms with van der Waals surface area (Å²) < 4.78 is 41.2. The molecule has 1 aliphatic carbocycles. The summed E-state index contributed by atoms with van der Waals surface area (Å²) >= 11 is 0. The maximum absolute atomic E-state index is 12.4. The number of hydrogen-bond acceptors (Lipinski definition) is 2. The second-order valence-electron chi connectivity index (χ2n) is 4.65. The van der Waals surface area contributed by atoms with E-state index in [9.17, 15) is 13.2 Å². The molecule has 2 N–H and O–H groups in total. The Morgan fingerprint density at radius 3 is 2.63 bits per heavy atom. The number of ether oxygens (including phenoxy) is 1. The zero-order valence-electron chi connectivity index (χ0n) is 10.4. The lowest BCUT2D eigenvalue weighted by Gasteiger charge is -2.15. The third kappa shape index (κ3) is 3.99. The summed E-state index contributed by atoms with van der Waals surface area (Å²) in [6, 6.07) is 6.11. The minimum absolute atomic E-state index is 0.101. The maximum Gasteiger partial charge on any atom is 0.573 e. The number of benzene rings is 1. The molecule has 1 atom stereocenters. The van der Waals surface area contributed by atoms with Crippen molar-refractivity contribution in [2.75, 3.05) is 0 Å². The van der Waals surface area contributed by atoms with Crippen LogP contribution in [0.3, 0.4) is 0 Å². The van der Waals surface area contributed by atoms with Crippen molar-refractivity contribution in [3.63, 3.8) is 0 Å². The van der Waals surface area contributed by atoms with Gasteiger partial charge in [-0.15, -0.1) is 13.2 Å². The lowest BCUT2D eigenvalue weighted by atomic mass is 10.00. The second kappa shape index (κ2) is 5.65. The maximum atomic E-state index is 12.4. The second-order valence-corrected chi connectivity index (χ2v) is 4.65. The summed E-state index contributed by atoms with van der Waals surface area (Å²) in [5, 5.41) is 0. The topological polar surface area (TPSA) is 35.2 Å². The van der Waals surface area contributed by atoms with E-state index in [1.54, 1.807) is 12.1 Å². The molecule has 0 amide bonds. The van der Waals surface area contributed by atoms with Crippen LogP contribution in [0.1, 0.15) is 31.2 Å². The predicted octanol–water partition coefficient (Wildman–Crippen LogP) is 3.87. The standard InChI is InChI=1S/C14H16F3NO/c15-14(16,17)19-13-8-4-3-7-12(13)10-5-1-2-6-11(18)9-10/h3-4,7-9,11H,1-2,5-6,18H2. The molecule has 2 rings (SSSR count). The number of para-hydroxylation sites is 1. The average molecular weight is 271 g/mol. The summed E-state index contributed by atoms with van der Waals surface area (Å²) in [6.07, 6.45) is 0.691. The summed E-state index contributed by atoms with van der Waals surface area (Å²) in [5.74, 6) is -0.157. The van der Waals surface area contributed by atoms with Crippen molar-refractivity contribution in [1.82, 2.24) is 0 Å². The number of halogens is 3. The molecule has 0 heterocycles. The molecule has 1 unspecified atom stereocenters. The molecular weight excluding hydrogens is 255 g/mol. The van der Waals surface area contributed by atoms with E-state index in [0.717, 1.165) is 31.3 Å². The quantitative estimate of drug-likeness (QED) is 0.886. The smallest absolute Gasteiger partial charge is 0.405 e. The first-order chi connectivity index (χ1) is 8.96. The van der Waals surface area contributed by atoms with Crippen molar-refractivity contribution >= 4 is 5.57 Å². The fourth-order valence-electron chi connectivity index (χ4n) is 2.29. The van der Waals surface area contributed by atoms with Crippen LogP contribution in [0.15, 0.2) is 30.3 Å². The zero-order valence-corrected chi connectivity index (χ0v) is 10.4. The molecule has 19 heavy (non-hydrogen) atoms. The fourth-order valence-corrected chi connectivity index (χ4v) is 2.29. The Labute approximate surface area is 110 Å². The van der Waals surface area contributed by atoms with E-state index in [-0.39, 0.29) is 11.8 Å². The van der Waals surface area contributed by atoms with Crippen LogP contribution >= 0.6 is 0 Å². The molecule has 0 saturated carbocycles. The van der Waals surface area contributed by atoms with Gasteiger partial charge in [-0.25, -0.2) is 0 Å². The normalized spacial score (nSPS) is 20.6. The first kappa shape index (κ1) is 13.9. The summed E-state index contributed by atoms with van der Waals surface area (Å²) in [6.45, 7) is 0. The minimum atomic E-state index is -4.68. The first-order valence-corrected chi connectivity index (χ1v) is 6.27. The van der Waals surface area contributed by atoms with E-state index in [4.69, 9.17) is 5.73 Å². The molecule has 0 aromatic heterocycles. The number of rotatable bonds is 2. The van der Waals surface area contributed by atoms with Gasteiger partial charge in [0, 0.05) is 11.6 Å². The van der Waals surface area contributed by atoms with Crippen molar-refractivity contribution in [2.24, 2.45) is 5.73 Å². The van der Waals surface area contributed by atoms with Gasteiger partial charge in [-0.3, -0.25) is 0 Å². The van der Waals surface area contributed by atoms with E-state index in [1.807, 2.05) is 6.08 Å². The van der Waals surface area contributed by atoms with Crippen LogP contribution in [0.4, 0.5) is 13.2 Å². The van der Waals surface area contributed by atoms with Gasteiger partial charge >= 0.3 is 6.36 Å². The van der Waals surface area contributed by atoms with Crippen LogP contribution in [-0.4, -0.2) is 12.4 Å². The minimum Gasteiger partial charge on any atom is -0.405 e. The van der Waals surface area contributed by atoms with Gasteiger partial charge in [0.2, 0.25) is 0 Å². The first-order valence-electron chi connectivity index (χ1n) is 6.27. The number of allylic oxidation sites excluding steroid dienone is 1.